The molecule has 1 aliphatic rings. The predicted octanol–water partition coefficient (Wildman–Crippen LogP) is 3.86. The Morgan fingerprint density at radius 2 is 1.93 bits per heavy atom. The smallest absolute Gasteiger partial charge is 0.251 e. The minimum Gasteiger partial charge on any atom is -0.493 e. The first-order valence-electron chi connectivity index (χ1n) is 14.3. The molecule has 4 aromatic rings. The molecule has 0 saturated heterocycles. The molecule has 2 aromatic heterocycles. The summed E-state index contributed by atoms with van der Waals surface area (Å²) >= 11 is 1.56. The fourth-order valence-electron chi connectivity index (χ4n) is 4.91. The van der Waals surface area contributed by atoms with Crippen LogP contribution in [0.5, 0.6) is 11.5 Å². The van der Waals surface area contributed by atoms with E-state index in [1.165, 1.54) is 0 Å². The average molecular weight is 604 g/mol. The first-order chi connectivity index (χ1) is 20.8. The monoisotopic (exact) mass is 603 g/mol. The van der Waals surface area contributed by atoms with Gasteiger partial charge in [-0.05, 0) is 31.0 Å². The maximum Gasteiger partial charge on any atom is 0.251 e. The van der Waals surface area contributed by atoms with E-state index in [0.717, 1.165) is 16.1 Å². The summed E-state index contributed by atoms with van der Waals surface area (Å²) in [6.45, 7) is 8.18. The number of fused-ring (bicyclic) bond motifs is 3. The highest BCUT2D eigenvalue weighted by Crippen LogP contribution is 2.29. The van der Waals surface area contributed by atoms with Gasteiger partial charge in [0.1, 0.15) is 6.61 Å². The van der Waals surface area contributed by atoms with Gasteiger partial charge in [-0.3, -0.25) is 14.5 Å². The summed E-state index contributed by atoms with van der Waals surface area (Å²) in [5.41, 5.74) is 4.08. The van der Waals surface area contributed by atoms with Crippen LogP contribution in [-0.4, -0.2) is 69.8 Å². The third-order valence-electron chi connectivity index (χ3n) is 7.27. The molecule has 226 valence electrons. The van der Waals surface area contributed by atoms with Crippen molar-refractivity contribution in [3.63, 3.8) is 0 Å². The van der Waals surface area contributed by atoms with Gasteiger partial charge in [0, 0.05) is 35.6 Å². The lowest BCUT2D eigenvalue weighted by Crippen LogP contribution is -2.43. The van der Waals surface area contributed by atoms with Crippen molar-refractivity contribution in [1.82, 2.24) is 35.3 Å². The molecule has 0 saturated carbocycles. The lowest BCUT2D eigenvalue weighted by molar-refractivity contribution is -0.123. The zero-order chi connectivity index (χ0) is 30.3. The standard InChI is InChI=1S/C31H37N7O4S/c1-20(2)28-30-35-29(22-8-6-5-7-9-22)36-38(30)14-15-42-25-16-23(10-11-24(25)41-4)31(40)32-12-13-37(18-27(39)34-28)17-26-21(3)33-19-43-26/h5-11,16,19-20,28H,12-15,17-18H2,1-4H3,(H,32,40)(H,34,39)/t28-/m1/s1. The molecule has 2 amide bonds. The van der Waals surface area contributed by atoms with Crippen LogP contribution in [0, 0.1) is 12.8 Å². The Kier molecular flexibility index (Phi) is 9.68. The SMILES string of the molecule is COc1ccc2cc1OCCn1nc(-c3ccccc3)nc1[C@@H](C(C)C)NC(=O)CN(Cc1scnc1C)CCNC2=O. The Morgan fingerprint density at radius 3 is 2.65 bits per heavy atom. The van der Waals surface area contributed by atoms with Crippen molar-refractivity contribution in [3.8, 4) is 22.9 Å². The van der Waals surface area contributed by atoms with Crippen molar-refractivity contribution < 1.29 is 19.1 Å². The van der Waals surface area contributed by atoms with Crippen molar-refractivity contribution in [1.29, 1.82) is 0 Å². The number of aromatic nitrogens is 4. The van der Waals surface area contributed by atoms with Gasteiger partial charge >= 0.3 is 0 Å². The van der Waals surface area contributed by atoms with Gasteiger partial charge in [0.25, 0.3) is 5.91 Å². The van der Waals surface area contributed by atoms with Gasteiger partial charge < -0.3 is 20.1 Å². The molecule has 5 rings (SSSR count). The van der Waals surface area contributed by atoms with Gasteiger partial charge in [-0.1, -0.05) is 44.2 Å². The number of nitrogens with one attached hydrogen (secondary N) is 2. The van der Waals surface area contributed by atoms with Gasteiger partial charge in [-0.2, -0.15) is 5.10 Å². The van der Waals surface area contributed by atoms with E-state index in [0.29, 0.717) is 54.9 Å². The molecular formula is C31H37N7O4S. The Balaban J connectivity index is 1.50. The molecule has 1 atom stereocenters. The summed E-state index contributed by atoms with van der Waals surface area (Å²) < 4.78 is 13.4. The average Bonchev–Trinajstić information content (AvgIpc) is 3.61. The number of hydrogen-bond donors (Lipinski definition) is 2. The minimum absolute atomic E-state index is 0.0341. The van der Waals surface area contributed by atoms with E-state index in [4.69, 9.17) is 19.6 Å². The van der Waals surface area contributed by atoms with Gasteiger partial charge in [0.15, 0.2) is 23.1 Å². The van der Waals surface area contributed by atoms with Crippen molar-refractivity contribution in [2.45, 2.75) is 39.9 Å². The number of thiazole rings is 1. The van der Waals surface area contributed by atoms with Crippen LogP contribution in [0.2, 0.25) is 0 Å². The zero-order valence-electron chi connectivity index (χ0n) is 24.9. The van der Waals surface area contributed by atoms with Crippen LogP contribution in [-0.2, 0) is 17.9 Å². The highest BCUT2D eigenvalue weighted by molar-refractivity contribution is 7.09. The van der Waals surface area contributed by atoms with Crippen LogP contribution in [0.15, 0.2) is 54.0 Å². The number of aryl methyl sites for hydroxylation is 1. The van der Waals surface area contributed by atoms with E-state index in [1.54, 1.807) is 46.8 Å². The van der Waals surface area contributed by atoms with Gasteiger partial charge in [0.05, 0.1) is 37.4 Å². The summed E-state index contributed by atoms with van der Waals surface area (Å²) in [7, 11) is 1.56. The number of rotatable bonds is 5. The molecule has 0 spiro atoms. The number of benzene rings is 2. The quantitative estimate of drug-likeness (QED) is 0.353. The van der Waals surface area contributed by atoms with Crippen LogP contribution in [0.1, 0.15) is 46.6 Å². The van der Waals surface area contributed by atoms with Crippen LogP contribution in [0.25, 0.3) is 11.4 Å². The molecule has 0 fully saturated rings. The maximum atomic E-state index is 13.6. The van der Waals surface area contributed by atoms with Gasteiger partial charge in [0.2, 0.25) is 5.91 Å². The molecule has 0 aliphatic carbocycles. The minimum atomic E-state index is -0.391. The molecule has 2 bridgehead atoms. The van der Waals surface area contributed by atoms with Crippen LogP contribution >= 0.6 is 11.3 Å². The van der Waals surface area contributed by atoms with E-state index in [1.807, 2.05) is 42.2 Å². The summed E-state index contributed by atoms with van der Waals surface area (Å²) in [5.74, 6) is 1.87. The van der Waals surface area contributed by atoms with Crippen molar-refractivity contribution in [2.24, 2.45) is 5.92 Å². The van der Waals surface area contributed by atoms with E-state index in [2.05, 4.69) is 29.5 Å². The summed E-state index contributed by atoms with van der Waals surface area (Å²) in [5, 5.41) is 11.0. The molecule has 3 heterocycles. The number of carbonyl (C=O) groups excluding carboxylic acids is 2. The molecule has 2 N–H and O–H groups in total. The summed E-state index contributed by atoms with van der Waals surface area (Å²) in [6.07, 6.45) is 0. The van der Waals surface area contributed by atoms with Crippen LogP contribution in [0.3, 0.4) is 0 Å². The topological polar surface area (TPSA) is 124 Å². The number of nitrogens with zero attached hydrogens (tertiary/aromatic N) is 5. The Hall–Kier alpha value is -4.29. The van der Waals surface area contributed by atoms with Gasteiger partial charge in [-0.15, -0.1) is 11.3 Å². The summed E-state index contributed by atoms with van der Waals surface area (Å²) in [6, 6.07) is 14.5. The predicted molar refractivity (Wildman–Crippen MR) is 164 cm³/mol. The Labute approximate surface area is 255 Å². The second kappa shape index (κ2) is 13.8. The lowest BCUT2D eigenvalue weighted by Gasteiger charge is -2.25. The Morgan fingerprint density at radius 1 is 1.12 bits per heavy atom. The second-order valence-corrected chi connectivity index (χ2v) is 11.7. The van der Waals surface area contributed by atoms with Gasteiger partial charge in [-0.25, -0.2) is 14.6 Å². The Bertz CT molecular complexity index is 1550. The van der Waals surface area contributed by atoms with E-state index in [9.17, 15) is 9.59 Å². The number of ether oxygens (including phenoxy) is 2. The molecule has 12 heteroatoms. The molecule has 0 radical (unpaired) electrons. The molecule has 2 aromatic carbocycles. The highest BCUT2D eigenvalue weighted by Gasteiger charge is 2.27. The zero-order valence-corrected chi connectivity index (χ0v) is 25.7. The fraction of sp³-hybridized carbons (Fsp3) is 0.387. The normalized spacial score (nSPS) is 17.0. The number of amides is 2. The molecule has 11 nitrogen and oxygen atoms in total. The first-order valence-corrected chi connectivity index (χ1v) is 15.2. The highest BCUT2D eigenvalue weighted by atomic mass is 32.1. The van der Waals surface area contributed by atoms with Crippen LogP contribution in [0.4, 0.5) is 0 Å². The van der Waals surface area contributed by atoms with Crippen LogP contribution < -0.4 is 20.1 Å². The van der Waals surface area contributed by atoms with Crippen molar-refractivity contribution >= 4 is 23.2 Å². The number of carbonyl (C=O) groups is 2. The molecular weight excluding hydrogens is 566 g/mol. The molecule has 1 aliphatic heterocycles. The maximum absolute atomic E-state index is 13.6. The molecule has 43 heavy (non-hydrogen) atoms. The fourth-order valence-corrected chi connectivity index (χ4v) is 5.73. The first kappa shape index (κ1) is 30.2. The number of hydrogen-bond acceptors (Lipinski definition) is 9. The van der Waals surface area contributed by atoms with E-state index >= 15 is 0 Å². The van der Waals surface area contributed by atoms with E-state index < -0.39 is 6.04 Å². The second-order valence-electron chi connectivity index (χ2n) is 10.7. The third-order valence-corrected chi connectivity index (χ3v) is 8.19. The van der Waals surface area contributed by atoms with Crippen molar-refractivity contribution in [3.05, 3.63) is 76.0 Å². The van der Waals surface area contributed by atoms with E-state index in [-0.39, 0.29) is 30.9 Å². The third kappa shape index (κ3) is 7.38. The number of methoxy groups -OCH3 is 1. The largest absolute Gasteiger partial charge is 0.493 e. The lowest BCUT2D eigenvalue weighted by atomic mass is 10.0. The van der Waals surface area contributed by atoms with Crippen molar-refractivity contribution in [2.75, 3.05) is 33.4 Å². The molecule has 0 unspecified atom stereocenters. The summed E-state index contributed by atoms with van der Waals surface area (Å²) in [4.78, 5) is 39.0.